The summed E-state index contributed by atoms with van der Waals surface area (Å²) < 4.78 is 37.4. The monoisotopic (exact) mass is 282 g/mol. The van der Waals surface area contributed by atoms with Gasteiger partial charge in [-0.1, -0.05) is 6.92 Å². The number of aliphatic hydroxyl groups excluding tert-OH is 1. The van der Waals surface area contributed by atoms with Gasteiger partial charge in [0.25, 0.3) is 0 Å². The van der Waals surface area contributed by atoms with Crippen LogP contribution in [0.4, 0.5) is 13.2 Å². The van der Waals surface area contributed by atoms with Gasteiger partial charge in [0.1, 0.15) is 0 Å². The predicted molar refractivity (Wildman–Crippen MR) is 64.5 cm³/mol. The van der Waals surface area contributed by atoms with Crippen LogP contribution in [0.25, 0.3) is 0 Å². The molecule has 1 rings (SSSR count). The van der Waals surface area contributed by atoms with Crippen molar-refractivity contribution >= 4 is 5.91 Å². The van der Waals surface area contributed by atoms with Gasteiger partial charge in [0.15, 0.2) is 0 Å². The highest BCUT2D eigenvalue weighted by atomic mass is 19.4. The lowest BCUT2D eigenvalue weighted by molar-refractivity contribution is -0.185. The number of carbonyl (C=O) groups is 1. The summed E-state index contributed by atoms with van der Waals surface area (Å²) in [6.45, 7) is 2.39. The Morgan fingerprint density at radius 1 is 1.42 bits per heavy atom. The summed E-state index contributed by atoms with van der Waals surface area (Å²) in [5, 5.41) is 11.6. The van der Waals surface area contributed by atoms with Gasteiger partial charge in [-0.15, -0.1) is 0 Å². The Morgan fingerprint density at radius 2 is 2.00 bits per heavy atom. The van der Waals surface area contributed by atoms with Crippen LogP contribution in [0.5, 0.6) is 0 Å². The fraction of sp³-hybridized carbons (Fsp3) is 0.917. The van der Waals surface area contributed by atoms with E-state index in [1.54, 1.807) is 4.90 Å². The molecule has 0 aromatic heterocycles. The van der Waals surface area contributed by atoms with Crippen LogP contribution in [0.1, 0.15) is 26.2 Å². The zero-order valence-corrected chi connectivity index (χ0v) is 11.0. The van der Waals surface area contributed by atoms with Crippen LogP contribution in [0.2, 0.25) is 0 Å². The molecular formula is C12H21F3N2O2. The first kappa shape index (κ1) is 16.2. The van der Waals surface area contributed by atoms with E-state index < -0.39 is 12.1 Å². The van der Waals surface area contributed by atoms with Crippen LogP contribution in [-0.4, -0.2) is 54.4 Å². The van der Waals surface area contributed by atoms with Gasteiger partial charge in [-0.05, 0) is 32.4 Å². The van der Waals surface area contributed by atoms with E-state index in [9.17, 15) is 18.0 Å². The van der Waals surface area contributed by atoms with Crippen molar-refractivity contribution in [3.63, 3.8) is 0 Å². The number of hydrogen-bond acceptors (Lipinski definition) is 3. The Labute approximate surface area is 111 Å². The molecule has 0 unspecified atom stereocenters. The Balaban J connectivity index is 2.31. The molecule has 1 aliphatic rings. The summed E-state index contributed by atoms with van der Waals surface area (Å²) in [7, 11) is 0. The van der Waals surface area contributed by atoms with Crippen molar-refractivity contribution in [2.75, 3.05) is 26.2 Å². The molecule has 1 aliphatic heterocycles. The van der Waals surface area contributed by atoms with Crippen LogP contribution in [0, 0.1) is 5.92 Å². The molecule has 0 aliphatic carbocycles. The predicted octanol–water partition coefficient (Wildman–Crippen LogP) is 1.15. The molecule has 2 N–H and O–H groups in total. The third-order valence-corrected chi connectivity index (χ3v) is 3.50. The molecule has 0 spiro atoms. The fourth-order valence-electron chi connectivity index (χ4n) is 2.17. The van der Waals surface area contributed by atoms with E-state index in [2.05, 4.69) is 5.32 Å². The number of rotatable bonds is 5. The minimum absolute atomic E-state index is 0.0496. The van der Waals surface area contributed by atoms with Crippen molar-refractivity contribution in [3.05, 3.63) is 0 Å². The molecule has 1 heterocycles. The van der Waals surface area contributed by atoms with E-state index in [0.29, 0.717) is 6.42 Å². The third kappa shape index (κ3) is 5.36. The lowest BCUT2D eigenvalue weighted by atomic mass is 9.96. The third-order valence-electron chi connectivity index (χ3n) is 3.50. The minimum atomic E-state index is -4.13. The standard InChI is InChI=1S/C12H21F3N2O2/c1-2-10(8-18)16-11(19)7-17-5-3-9(4-6-17)12(13,14)15/h9-10,18H,2-8H2,1H3,(H,16,19)/t10-/m1/s1. The van der Waals surface area contributed by atoms with Gasteiger partial charge in [0.2, 0.25) is 5.91 Å². The molecule has 1 fully saturated rings. The number of amides is 1. The second kappa shape index (κ2) is 7.09. The molecule has 4 nitrogen and oxygen atoms in total. The van der Waals surface area contributed by atoms with Crippen LogP contribution in [0.15, 0.2) is 0 Å². The Bertz CT molecular complexity index is 285. The molecule has 7 heteroatoms. The Morgan fingerprint density at radius 3 is 2.42 bits per heavy atom. The van der Waals surface area contributed by atoms with E-state index in [1.807, 2.05) is 6.92 Å². The van der Waals surface area contributed by atoms with Gasteiger partial charge in [-0.2, -0.15) is 13.2 Å². The molecule has 0 saturated carbocycles. The van der Waals surface area contributed by atoms with E-state index in [4.69, 9.17) is 5.11 Å². The first-order valence-corrected chi connectivity index (χ1v) is 6.56. The summed E-state index contributed by atoms with van der Waals surface area (Å²) in [5.41, 5.74) is 0. The topological polar surface area (TPSA) is 52.6 Å². The maximum Gasteiger partial charge on any atom is 0.391 e. The summed E-state index contributed by atoms with van der Waals surface area (Å²) >= 11 is 0. The summed E-state index contributed by atoms with van der Waals surface area (Å²) in [6, 6.07) is -0.278. The fourth-order valence-corrected chi connectivity index (χ4v) is 2.17. The maximum atomic E-state index is 12.5. The van der Waals surface area contributed by atoms with E-state index >= 15 is 0 Å². The number of aliphatic hydroxyl groups is 1. The van der Waals surface area contributed by atoms with Gasteiger partial charge in [0, 0.05) is 0 Å². The average Bonchev–Trinajstić information content (AvgIpc) is 2.35. The van der Waals surface area contributed by atoms with E-state index in [0.717, 1.165) is 0 Å². The Hall–Kier alpha value is -0.820. The lowest BCUT2D eigenvalue weighted by Gasteiger charge is -2.32. The zero-order chi connectivity index (χ0) is 14.5. The van der Waals surface area contributed by atoms with Crippen molar-refractivity contribution in [2.45, 2.75) is 38.4 Å². The van der Waals surface area contributed by atoms with Gasteiger partial charge < -0.3 is 10.4 Å². The number of nitrogens with one attached hydrogen (secondary N) is 1. The van der Waals surface area contributed by atoms with Gasteiger partial charge in [-0.3, -0.25) is 9.69 Å². The number of likely N-dealkylation sites (tertiary alicyclic amines) is 1. The molecule has 0 aromatic carbocycles. The highest BCUT2D eigenvalue weighted by Gasteiger charge is 2.41. The molecule has 19 heavy (non-hydrogen) atoms. The average molecular weight is 282 g/mol. The van der Waals surface area contributed by atoms with Crippen molar-refractivity contribution in [1.29, 1.82) is 0 Å². The lowest BCUT2D eigenvalue weighted by Crippen LogP contribution is -2.46. The van der Waals surface area contributed by atoms with Gasteiger partial charge in [0.05, 0.1) is 25.1 Å². The molecule has 0 bridgehead atoms. The summed E-state index contributed by atoms with van der Waals surface area (Å²) in [4.78, 5) is 13.4. The Kier molecular flexibility index (Phi) is 6.06. The number of nitrogens with zero attached hydrogens (tertiary/aromatic N) is 1. The smallest absolute Gasteiger partial charge is 0.391 e. The van der Waals surface area contributed by atoms with Crippen molar-refractivity contribution in [1.82, 2.24) is 10.2 Å². The number of piperidine rings is 1. The van der Waals surface area contributed by atoms with Crippen LogP contribution < -0.4 is 5.32 Å². The summed E-state index contributed by atoms with van der Waals surface area (Å²) in [6.07, 6.45) is -3.40. The van der Waals surface area contributed by atoms with Crippen LogP contribution in [-0.2, 0) is 4.79 Å². The first-order valence-electron chi connectivity index (χ1n) is 6.56. The molecular weight excluding hydrogens is 261 g/mol. The molecule has 112 valence electrons. The normalized spacial score (nSPS) is 20.3. The highest BCUT2D eigenvalue weighted by molar-refractivity contribution is 5.78. The van der Waals surface area contributed by atoms with Crippen molar-refractivity contribution < 1.29 is 23.1 Å². The number of carbonyl (C=O) groups excluding carboxylic acids is 1. The van der Waals surface area contributed by atoms with E-state index in [1.165, 1.54) is 0 Å². The molecule has 1 saturated heterocycles. The largest absolute Gasteiger partial charge is 0.394 e. The molecule has 1 atom stereocenters. The summed E-state index contributed by atoms with van der Waals surface area (Å²) in [5.74, 6) is -1.49. The van der Waals surface area contributed by atoms with Gasteiger partial charge >= 0.3 is 6.18 Å². The number of halogens is 3. The first-order chi connectivity index (χ1) is 8.86. The van der Waals surface area contributed by atoms with Crippen molar-refractivity contribution in [3.8, 4) is 0 Å². The molecule has 0 aromatic rings. The number of alkyl halides is 3. The van der Waals surface area contributed by atoms with E-state index in [-0.39, 0.29) is 51.0 Å². The maximum absolute atomic E-state index is 12.5. The van der Waals surface area contributed by atoms with Crippen LogP contribution >= 0.6 is 0 Å². The second-order valence-corrected chi connectivity index (χ2v) is 4.95. The molecule has 1 amide bonds. The van der Waals surface area contributed by atoms with Crippen molar-refractivity contribution in [2.24, 2.45) is 5.92 Å². The number of hydrogen-bond donors (Lipinski definition) is 2. The molecule has 0 radical (unpaired) electrons. The minimum Gasteiger partial charge on any atom is -0.394 e. The highest BCUT2D eigenvalue weighted by Crippen LogP contribution is 2.33. The van der Waals surface area contributed by atoms with Gasteiger partial charge in [-0.25, -0.2) is 0 Å². The van der Waals surface area contributed by atoms with Crippen LogP contribution in [0.3, 0.4) is 0 Å². The SMILES string of the molecule is CC[C@H](CO)NC(=O)CN1CCC(C(F)(F)F)CC1. The quantitative estimate of drug-likeness (QED) is 0.795. The zero-order valence-electron chi connectivity index (χ0n) is 11.0. The second-order valence-electron chi connectivity index (χ2n) is 4.95.